The molecule has 0 aromatic heterocycles. The number of carbonyl (C=O) groups excluding carboxylic acids is 1. The molecule has 0 aromatic carbocycles. The highest BCUT2D eigenvalue weighted by Gasteiger charge is 2.27. The first-order valence-corrected chi connectivity index (χ1v) is 6.87. The molecule has 1 fully saturated rings. The summed E-state index contributed by atoms with van der Waals surface area (Å²) in [6.07, 6.45) is 0.643. The van der Waals surface area contributed by atoms with Crippen LogP contribution in [0.4, 0.5) is 0 Å². The number of nitrogens with two attached hydrogens (primary N) is 1. The number of nitrogens with one attached hydrogen (secondary N) is 1. The SMILES string of the molecule is NC(=S)CC(=O)NCC1CCS(=O)(=O)C1. The van der Waals surface area contributed by atoms with E-state index in [0.29, 0.717) is 13.0 Å². The van der Waals surface area contributed by atoms with Crippen molar-refractivity contribution in [2.45, 2.75) is 12.8 Å². The Morgan fingerprint density at radius 1 is 1.53 bits per heavy atom. The van der Waals surface area contributed by atoms with Gasteiger partial charge in [-0.3, -0.25) is 4.79 Å². The van der Waals surface area contributed by atoms with E-state index >= 15 is 0 Å². The molecule has 1 aliphatic heterocycles. The van der Waals surface area contributed by atoms with Gasteiger partial charge in [-0.15, -0.1) is 0 Å². The number of hydrogen-bond donors (Lipinski definition) is 2. The van der Waals surface area contributed by atoms with Crippen molar-refractivity contribution in [3.63, 3.8) is 0 Å². The summed E-state index contributed by atoms with van der Waals surface area (Å²) in [6, 6.07) is 0. The molecule has 1 unspecified atom stereocenters. The van der Waals surface area contributed by atoms with Gasteiger partial charge in [0.2, 0.25) is 5.91 Å². The molecular formula is C8H14N2O3S2. The third-order valence-corrected chi connectivity index (χ3v) is 4.23. The largest absolute Gasteiger partial charge is 0.393 e. The standard InChI is InChI=1S/C8H14N2O3S2/c9-7(14)3-8(11)10-4-6-1-2-15(12,13)5-6/h6H,1-5H2,(H2,9,14)(H,10,11). The number of thiocarbonyl (C=S) groups is 1. The minimum Gasteiger partial charge on any atom is -0.393 e. The van der Waals surface area contributed by atoms with E-state index in [1.165, 1.54) is 0 Å². The summed E-state index contributed by atoms with van der Waals surface area (Å²) in [4.78, 5) is 11.3. The average Bonchev–Trinajstić information content (AvgIpc) is 2.41. The number of sulfone groups is 1. The Bertz CT molecular complexity index is 364. The van der Waals surface area contributed by atoms with Crippen molar-refractivity contribution in [3.8, 4) is 0 Å². The second kappa shape index (κ2) is 4.89. The lowest BCUT2D eigenvalue weighted by Gasteiger charge is -2.08. The molecule has 0 spiro atoms. The summed E-state index contributed by atoms with van der Waals surface area (Å²) in [5.74, 6) is 0.181. The van der Waals surface area contributed by atoms with Crippen molar-refractivity contribution >= 4 is 33.0 Å². The Morgan fingerprint density at radius 3 is 2.67 bits per heavy atom. The van der Waals surface area contributed by atoms with Crippen molar-refractivity contribution in [1.29, 1.82) is 0 Å². The second-order valence-electron chi connectivity index (χ2n) is 3.72. The predicted octanol–water partition coefficient (Wildman–Crippen LogP) is -0.786. The average molecular weight is 250 g/mol. The Morgan fingerprint density at radius 2 is 2.20 bits per heavy atom. The van der Waals surface area contributed by atoms with Crippen LogP contribution >= 0.6 is 12.2 Å². The van der Waals surface area contributed by atoms with Crippen molar-refractivity contribution in [3.05, 3.63) is 0 Å². The monoisotopic (exact) mass is 250 g/mol. The third kappa shape index (κ3) is 4.57. The highest BCUT2D eigenvalue weighted by Crippen LogP contribution is 2.17. The van der Waals surface area contributed by atoms with E-state index < -0.39 is 9.84 Å². The van der Waals surface area contributed by atoms with Crippen LogP contribution < -0.4 is 11.1 Å². The Labute approximate surface area is 94.3 Å². The van der Waals surface area contributed by atoms with Crippen LogP contribution in [0.3, 0.4) is 0 Å². The van der Waals surface area contributed by atoms with Gasteiger partial charge in [-0.05, 0) is 12.3 Å². The maximum Gasteiger partial charge on any atom is 0.226 e. The second-order valence-corrected chi connectivity index (χ2v) is 6.47. The zero-order valence-corrected chi connectivity index (χ0v) is 9.86. The van der Waals surface area contributed by atoms with E-state index in [1.54, 1.807) is 0 Å². The molecule has 15 heavy (non-hydrogen) atoms. The fraction of sp³-hybridized carbons (Fsp3) is 0.750. The normalized spacial score (nSPS) is 23.6. The molecule has 1 amide bonds. The summed E-state index contributed by atoms with van der Waals surface area (Å²) >= 11 is 4.58. The zero-order valence-electron chi connectivity index (χ0n) is 8.23. The lowest BCUT2D eigenvalue weighted by molar-refractivity contribution is -0.120. The van der Waals surface area contributed by atoms with Gasteiger partial charge in [-0.25, -0.2) is 8.42 Å². The topological polar surface area (TPSA) is 89.3 Å². The summed E-state index contributed by atoms with van der Waals surface area (Å²) in [6.45, 7) is 0.390. The first kappa shape index (κ1) is 12.4. The molecule has 0 bridgehead atoms. The molecule has 0 aliphatic carbocycles. The highest BCUT2D eigenvalue weighted by molar-refractivity contribution is 7.91. The predicted molar refractivity (Wildman–Crippen MR) is 61.2 cm³/mol. The van der Waals surface area contributed by atoms with Gasteiger partial charge in [0.05, 0.1) is 22.9 Å². The quantitative estimate of drug-likeness (QED) is 0.639. The lowest BCUT2D eigenvalue weighted by atomic mass is 10.1. The van der Waals surface area contributed by atoms with Crippen LogP contribution in [0, 0.1) is 5.92 Å². The molecule has 0 saturated carbocycles. The van der Waals surface area contributed by atoms with Crippen molar-refractivity contribution in [2.24, 2.45) is 11.7 Å². The van der Waals surface area contributed by atoms with E-state index in [4.69, 9.17) is 5.73 Å². The molecule has 1 heterocycles. The van der Waals surface area contributed by atoms with Crippen molar-refractivity contribution in [2.75, 3.05) is 18.1 Å². The summed E-state index contributed by atoms with van der Waals surface area (Å²) in [5, 5.41) is 2.62. The van der Waals surface area contributed by atoms with Gasteiger partial charge in [0, 0.05) is 6.54 Å². The van der Waals surface area contributed by atoms with Gasteiger partial charge in [-0.1, -0.05) is 12.2 Å². The van der Waals surface area contributed by atoms with Crippen molar-refractivity contribution in [1.82, 2.24) is 5.32 Å². The fourth-order valence-electron chi connectivity index (χ4n) is 1.51. The first-order valence-electron chi connectivity index (χ1n) is 4.64. The molecule has 1 saturated heterocycles. The van der Waals surface area contributed by atoms with Gasteiger partial charge in [-0.2, -0.15) is 0 Å². The minimum atomic E-state index is -2.87. The smallest absolute Gasteiger partial charge is 0.226 e. The molecular weight excluding hydrogens is 236 g/mol. The van der Waals surface area contributed by atoms with Crippen molar-refractivity contribution < 1.29 is 13.2 Å². The van der Waals surface area contributed by atoms with E-state index in [-0.39, 0.29) is 34.7 Å². The maximum atomic E-state index is 11.1. The Kier molecular flexibility index (Phi) is 4.04. The summed E-state index contributed by atoms with van der Waals surface area (Å²) < 4.78 is 22.2. The van der Waals surface area contributed by atoms with Crippen LogP contribution in [-0.2, 0) is 14.6 Å². The molecule has 0 aromatic rings. The molecule has 0 radical (unpaired) electrons. The molecule has 5 nitrogen and oxygen atoms in total. The summed E-state index contributed by atoms with van der Waals surface area (Å²) in [7, 11) is -2.87. The highest BCUT2D eigenvalue weighted by atomic mass is 32.2. The van der Waals surface area contributed by atoms with Crippen LogP contribution in [0.15, 0.2) is 0 Å². The lowest BCUT2D eigenvalue weighted by Crippen LogP contribution is -2.32. The molecule has 7 heteroatoms. The summed E-state index contributed by atoms with van der Waals surface area (Å²) in [5.41, 5.74) is 5.19. The van der Waals surface area contributed by atoms with Gasteiger partial charge < -0.3 is 11.1 Å². The number of amides is 1. The van der Waals surface area contributed by atoms with Gasteiger partial charge >= 0.3 is 0 Å². The Balaban J connectivity index is 2.27. The van der Waals surface area contributed by atoms with E-state index in [1.807, 2.05) is 0 Å². The molecule has 1 aliphatic rings. The third-order valence-electron chi connectivity index (χ3n) is 2.25. The van der Waals surface area contributed by atoms with Crippen LogP contribution in [0.5, 0.6) is 0 Å². The van der Waals surface area contributed by atoms with Crippen LogP contribution in [0.1, 0.15) is 12.8 Å². The molecule has 3 N–H and O–H groups in total. The maximum absolute atomic E-state index is 11.1. The van der Waals surface area contributed by atoms with E-state index in [2.05, 4.69) is 17.5 Å². The van der Waals surface area contributed by atoms with Gasteiger partial charge in [0.25, 0.3) is 0 Å². The molecule has 1 rings (SSSR count). The van der Waals surface area contributed by atoms with Crippen LogP contribution in [-0.4, -0.2) is 37.4 Å². The minimum absolute atomic E-state index is 0.0226. The van der Waals surface area contributed by atoms with E-state index in [9.17, 15) is 13.2 Å². The number of hydrogen-bond acceptors (Lipinski definition) is 4. The van der Waals surface area contributed by atoms with E-state index in [0.717, 1.165) is 0 Å². The van der Waals surface area contributed by atoms with Gasteiger partial charge in [0.1, 0.15) is 0 Å². The van der Waals surface area contributed by atoms with Crippen LogP contribution in [0.2, 0.25) is 0 Å². The van der Waals surface area contributed by atoms with Gasteiger partial charge in [0.15, 0.2) is 9.84 Å². The number of rotatable bonds is 4. The zero-order chi connectivity index (χ0) is 11.5. The fourth-order valence-corrected chi connectivity index (χ4v) is 3.50. The number of carbonyl (C=O) groups is 1. The Hall–Kier alpha value is -0.690. The van der Waals surface area contributed by atoms with Crippen LogP contribution in [0.25, 0.3) is 0 Å². The molecule has 86 valence electrons. The first-order chi connectivity index (χ1) is 6.89. The molecule has 1 atom stereocenters.